The SMILES string of the molecule is CC(=O)O/C(=C\SC(C)=O)C(=O)O. The third-order valence-electron chi connectivity index (χ3n) is 0.796. The third kappa shape index (κ3) is 5.92. The van der Waals surface area contributed by atoms with Crippen molar-refractivity contribution in [1.29, 1.82) is 0 Å². The molecule has 0 heterocycles. The van der Waals surface area contributed by atoms with Gasteiger partial charge in [0.15, 0.2) is 5.12 Å². The average molecular weight is 204 g/mol. The molecule has 0 amide bonds. The van der Waals surface area contributed by atoms with Crippen molar-refractivity contribution in [3.05, 3.63) is 11.2 Å². The molecule has 0 rings (SSSR count). The Balaban J connectivity index is 4.41. The molecule has 0 unspecified atom stereocenters. The van der Waals surface area contributed by atoms with Crippen molar-refractivity contribution in [1.82, 2.24) is 0 Å². The highest BCUT2D eigenvalue weighted by atomic mass is 32.2. The monoisotopic (exact) mass is 204 g/mol. The summed E-state index contributed by atoms with van der Waals surface area (Å²) in [6.07, 6.45) is 0. The molecule has 0 aliphatic heterocycles. The fraction of sp³-hybridized carbons (Fsp3) is 0.286. The van der Waals surface area contributed by atoms with Gasteiger partial charge in [-0.25, -0.2) is 4.79 Å². The highest BCUT2D eigenvalue weighted by Gasteiger charge is 2.11. The fourth-order valence-corrected chi connectivity index (χ4v) is 0.831. The molecule has 0 spiro atoms. The first kappa shape index (κ1) is 11.7. The molecule has 13 heavy (non-hydrogen) atoms. The molecule has 0 saturated carbocycles. The topological polar surface area (TPSA) is 80.7 Å². The maximum absolute atomic E-state index is 10.4. The Morgan fingerprint density at radius 2 is 1.85 bits per heavy atom. The molecule has 0 saturated heterocycles. The van der Waals surface area contributed by atoms with Crippen LogP contribution in [0.1, 0.15) is 13.8 Å². The van der Waals surface area contributed by atoms with Crippen molar-refractivity contribution >= 4 is 28.8 Å². The summed E-state index contributed by atoms with van der Waals surface area (Å²) in [5.41, 5.74) is 0. The number of carbonyl (C=O) groups excluding carboxylic acids is 2. The molecule has 0 aromatic heterocycles. The van der Waals surface area contributed by atoms with Crippen LogP contribution in [0.3, 0.4) is 0 Å². The van der Waals surface area contributed by atoms with Gasteiger partial charge >= 0.3 is 11.9 Å². The van der Waals surface area contributed by atoms with Crippen LogP contribution in [0.15, 0.2) is 11.2 Å². The molecular weight excluding hydrogens is 196 g/mol. The van der Waals surface area contributed by atoms with Crippen molar-refractivity contribution in [3.63, 3.8) is 0 Å². The van der Waals surface area contributed by atoms with E-state index in [0.29, 0.717) is 11.8 Å². The van der Waals surface area contributed by atoms with Crippen LogP contribution in [0.2, 0.25) is 0 Å². The van der Waals surface area contributed by atoms with E-state index in [9.17, 15) is 14.4 Å². The smallest absolute Gasteiger partial charge is 0.372 e. The molecule has 0 fully saturated rings. The largest absolute Gasteiger partial charge is 0.475 e. The molecule has 1 N–H and O–H groups in total. The summed E-state index contributed by atoms with van der Waals surface area (Å²) in [4.78, 5) is 31.2. The van der Waals surface area contributed by atoms with E-state index in [0.717, 1.165) is 12.3 Å². The van der Waals surface area contributed by atoms with Crippen LogP contribution >= 0.6 is 11.8 Å². The maximum Gasteiger partial charge on any atom is 0.372 e. The van der Waals surface area contributed by atoms with E-state index in [1.165, 1.54) is 6.92 Å². The van der Waals surface area contributed by atoms with Crippen LogP contribution in [0, 0.1) is 0 Å². The number of carboxylic acid groups (broad SMARTS) is 1. The van der Waals surface area contributed by atoms with Crippen LogP contribution in [-0.2, 0) is 19.1 Å². The lowest BCUT2D eigenvalue weighted by atomic mass is 10.6. The second kappa shape index (κ2) is 5.36. The lowest BCUT2D eigenvalue weighted by Gasteiger charge is -1.99. The molecule has 0 aliphatic carbocycles. The number of aliphatic carboxylic acids is 1. The van der Waals surface area contributed by atoms with E-state index < -0.39 is 17.7 Å². The standard InChI is InChI=1S/C7H8O5S/c1-4(8)12-6(7(10)11)3-13-5(2)9/h3H,1-2H3,(H,10,11)/b6-3-. The summed E-state index contributed by atoms with van der Waals surface area (Å²) >= 11 is 0.651. The van der Waals surface area contributed by atoms with Crippen molar-refractivity contribution in [3.8, 4) is 0 Å². The predicted molar refractivity (Wildman–Crippen MR) is 45.8 cm³/mol. The number of hydrogen-bond donors (Lipinski definition) is 1. The van der Waals surface area contributed by atoms with E-state index >= 15 is 0 Å². The Bertz CT molecular complexity index is 268. The molecule has 0 bridgehead atoms. The van der Waals surface area contributed by atoms with Crippen LogP contribution in [0.25, 0.3) is 0 Å². The third-order valence-corrected chi connectivity index (χ3v) is 1.46. The number of esters is 1. The molecule has 0 atom stereocenters. The summed E-state index contributed by atoms with van der Waals surface area (Å²) in [6.45, 7) is 2.35. The van der Waals surface area contributed by atoms with Gasteiger partial charge in [-0.15, -0.1) is 0 Å². The lowest BCUT2D eigenvalue weighted by Crippen LogP contribution is -2.08. The Morgan fingerprint density at radius 1 is 1.31 bits per heavy atom. The van der Waals surface area contributed by atoms with Gasteiger partial charge in [0, 0.05) is 19.3 Å². The molecule has 0 radical (unpaired) electrons. The molecule has 72 valence electrons. The Hall–Kier alpha value is -1.30. The summed E-state index contributed by atoms with van der Waals surface area (Å²) in [5.74, 6) is -2.67. The normalized spacial score (nSPS) is 10.8. The van der Waals surface area contributed by atoms with Crippen LogP contribution in [0.4, 0.5) is 0 Å². The minimum atomic E-state index is -1.39. The van der Waals surface area contributed by atoms with Gasteiger partial charge in [0.05, 0.1) is 0 Å². The second-order valence-electron chi connectivity index (χ2n) is 1.99. The summed E-state index contributed by atoms with van der Waals surface area (Å²) in [6, 6.07) is 0. The zero-order chi connectivity index (χ0) is 10.4. The summed E-state index contributed by atoms with van der Waals surface area (Å²) < 4.78 is 4.31. The first-order valence-corrected chi connectivity index (χ1v) is 4.10. The molecule has 0 aromatic rings. The van der Waals surface area contributed by atoms with E-state index in [-0.39, 0.29) is 5.12 Å². The van der Waals surface area contributed by atoms with Crippen LogP contribution < -0.4 is 0 Å². The van der Waals surface area contributed by atoms with Crippen LogP contribution in [0.5, 0.6) is 0 Å². The molecular formula is C7H8O5S. The quantitative estimate of drug-likeness (QED) is 0.415. The van der Waals surface area contributed by atoms with Gasteiger partial charge in [0.2, 0.25) is 5.76 Å². The maximum atomic E-state index is 10.4. The molecule has 6 heteroatoms. The number of thioether (sulfide) groups is 1. The highest BCUT2D eigenvalue weighted by Crippen LogP contribution is 2.09. The minimum Gasteiger partial charge on any atom is -0.475 e. The number of hydrogen-bond acceptors (Lipinski definition) is 5. The summed E-state index contributed by atoms with van der Waals surface area (Å²) in [5, 5.41) is 9.16. The lowest BCUT2D eigenvalue weighted by molar-refractivity contribution is -0.146. The summed E-state index contributed by atoms with van der Waals surface area (Å²) in [7, 11) is 0. The van der Waals surface area contributed by atoms with Crippen molar-refractivity contribution in [2.45, 2.75) is 13.8 Å². The van der Waals surface area contributed by atoms with Gasteiger partial charge in [-0.05, 0) is 0 Å². The van der Waals surface area contributed by atoms with Crippen LogP contribution in [-0.4, -0.2) is 22.2 Å². The number of rotatable bonds is 3. The Morgan fingerprint density at radius 3 is 2.15 bits per heavy atom. The zero-order valence-electron chi connectivity index (χ0n) is 7.07. The van der Waals surface area contributed by atoms with E-state index in [2.05, 4.69) is 4.74 Å². The average Bonchev–Trinajstić information content (AvgIpc) is 1.96. The van der Waals surface area contributed by atoms with Gasteiger partial charge in [0.1, 0.15) is 0 Å². The van der Waals surface area contributed by atoms with E-state index in [1.807, 2.05) is 0 Å². The minimum absolute atomic E-state index is 0.286. The second-order valence-corrected chi connectivity index (χ2v) is 3.04. The molecule has 0 aromatic carbocycles. The predicted octanol–water partition coefficient (Wildman–Crippen LogP) is 0.755. The Labute approximate surface area is 78.8 Å². The number of carbonyl (C=O) groups is 3. The van der Waals surface area contributed by atoms with Crippen molar-refractivity contribution < 1.29 is 24.2 Å². The number of ether oxygens (including phenoxy) is 1. The molecule has 0 aliphatic rings. The van der Waals surface area contributed by atoms with E-state index in [1.54, 1.807) is 0 Å². The van der Waals surface area contributed by atoms with E-state index in [4.69, 9.17) is 5.11 Å². The van der Waals surface area contributed by atoms with Gasteiger partial charge < -0.3 is 9.84 Å². The van der Waals surface area contributed by atoms with Gasteiger partial charge in [0.25, 0.3) is 0 Å². The highest BCUT2D eigenvalue weighted by molar-refractivity contribution is 8.16. The van der Waals surface area contributed by atoms with Gasteiger partial charge in [-0.2, -0.15) is 0 Å². The molecule has 5 nitrogen and oxygen atoms in total. The first-order valence-electron chi connectivity index (χ1n) is 3.22. The van der Waals surface area contributed by atoms with Gasteiger partial charge in [-0.1, -0.05) is 11.8 Å². The fourth-order valence-electron chi connectivity index (χ4n) is 0.409. The van der Waals surface area contributed by atoms with Crippen molar-refractivity contribution in [2.75, 3.05) is 0 Å². The number of carboxylic acids is 1. The van der Waals surface area contributed by atoms with Gasteiger partial charge in [-0.3, -0.25) is 9.59 Å². The van der Waals surface area contributed by atoms with Crippen molar-refractivity contribution in [2.24, 2.45) is 0 Å². The zero-order valence-corrected chi connectivity index (χ0v) is 7.88. The Kier molecular flexibility index (Phi) is 4.83. The first-order chi connectivity index (χ1) is 5.93.